The highest BCUT2D eigenvalue weighted by Crippen LogP contribution is 2.20. The Kier molecular flexibility index (Phi) is 11.4. The van der Waals surface area contributed by atoms with Crippen molar-refractivity contribution in [3.05, 3.63) is 35.8 Å². The van der Waals surface area contributed by atoms with Crippen LogP contribution in [0.4, 0.5) is 0 Å². The molecule has 5 nitrogen and oxygen atoms in total. The molecule has 1 aliphatic rings. The summed E-state index contributed by atoms with van der Waals surface area (Å²) in [6.45, 7) is 7.68. The summed E-state index contributed by atoms with van der Waals surface area (Å²) in [7, 11) is 0. The number of ketones is 1. The predicted molar refractivity (Wildman–Crippen MR) is 103 cm³/mol. The summed E-state index contributed by atoms with van der Waals surface area (Å²) in [6, 6.07) is 0. The Morgan fingerprint density at radius 1 is 1.12 bits per heavy atom. The van der Waals surface area contributed by atoms with Crippen LogP contribution in [0.15, 0.2) is 35.8 Å². The molecule has 0 fully saturated rings. The number of rotatable bonds is 14. The SMILES string of the molecule is C=CCONC(CCCCCCCCCCC)=C1C(=O)C=C(C)OC1=O. The van der Waals surface area contributed by atoms with E-state index in [9.17, 15) is 9.59 Å². The summed E-state index contributed by atoms with van der Waals surface area (Å²) < 4.78 is 5.08. The van der Waals surface area contributed by atoms with Crippen molar-refractivity contribution in [1.29, 1.82) is 0 Å². The van der Waals surface area contributed by atoms with Crippen LogP contribution in [0.2, 0.25) is 0 Å². The van der Waals surface area contributed by atoms with E-state index in [2.05, 4.69) is 19.0 Å². The minimum absolute atomic E-state index is 0.0410. The highest BCUT2D eigenvalue weighted by atomic mass is 16.6. The first-order valence-electron chi connectivity index (χ1n) is 9.76. The van der Waals surface area contributed by atoms with Crippen molar-refractivity contribution in [2.24, 2.45) is 0 Å². The minimum atomic E-state index is -0.615. The average Bonchev–Trinajstić information content (AvgIpc) is 2.59. The van der Waals surface area contributed by atoms with Crippen molar-refractivity contribution >= 4 is 11.8 Å². The second kappa shape index (κ2) is 13.3. The summed E-state index contributed by atoms with van der Waals surface area (Å²) in [6.07, 6.45) is 14.4. The number of esters is 1. The van der Waals surface area contributed by atoms with Gasteiger partial charge in [0, 0.05) is 6.08 Å². The molecule has 0 spiro atoms. The maximum Gasteiger partial charge on any atom is 0.349 e. The standard InChI is InChI=1S/C21H33NO4/c1-4-6-7-8-9-10-11-12-13-14-18(22-25-15-5-2)20-19(23)16-17(3)26-21(20)24/h5,16,22H,2,4,6-15H2,1,3H3. The number of hydroxylamine groups is 1. The smallest absolute Gasteiger partial charge is 0.349 e. The average molecular weight is 363 g/mol. The van der Waals surface area contributed by atoms with Crippen molar-refractivity contribution in [1.82, 2.24) is 5.48 Å². The van der Waals surface area contributed by atoms with E-state index in [0.717, 1.165) is 12.8 Å². The third-order valence-corrected chi connectivity index (χ3v) is 4.27. The lowest BCUT2D eigenvalue weighted by Gasteiger charge is -2.17. The Morgan fingerprint density at radius 2 is 1.73 bits per heavy atom. The molecular formula is C21H33NO4. The summed E-state index contributed by atoms with van der Waals surface area (Å²) >= 11 is 0. The van der Waals surface area contributed by atoms with E-state index < -0.39 is 5.97 Å². The Balaban J connectivity index is 2.49. The number of nitrogens with one attached hydrogen (secondary N) is 1. The van der Waals surface area contributed by atoms with Crippen molar-refractivity contribution in [2.75, 3.05) is 6.61 Å². The van der Waals surface area contributed by atoms with Crippen LogP contribution in [0.3, 0.4) is 0 Å². The largest absolute Gasteiger partial charge is 0.427 e. The number of hydrogen-bond donors (Lipinski definition) is 1. The van der Waals surface area contributed by atoms with E-state index in [-0.39, 0.29) is 18.0 Å². The molecule has 0 aromatic rings. The van der Waals surface area contributed by atoms with E-state index in [0.29, 0.717) is 17.9 Å². The van der Waals surface area contributed by atoms with Gasteiger partial charge in [0.2, 0.25) is 0 Å². The topological polar surface area (TPSA) is 64.6 Å². The molecule has 5 heteroatoms. The number of hydrogen-bond acceptors (Lipinski definition) is 5. The molecule has 1 heterocycles. The van der Waals surface area contributed by atoms with Crippen LogP contribution in [0.5, 0.6) is 0 Å². The van der Waals surface area contributed by atoms with Gasteiger partial charge in [-0.3, -0.25) is 15.1 Å². The first kappa shape index (κ1) is 22.2. The Morgan fingerprint density at radius 3 is 2.31 bits per heavy atom. The molecule has 0 atom stereocenters. The first-order chi connectivity index (χ1) is 12.6. The van der Waals surface area contributed by atoms with Gasteiger partial charge in [-0.25, -0.2) is 4.79 Å². The van der Waals surface area contributed by atoms with Gasteiger partial charge in [0.25, 0.3) is 0 Å². The normalized spacial score (nSPS) is 16.2. The number of ether oxygens (including phenoxy) is 1. The van der Waals surface area contributed by atoms with Gasteiger partial charge in [-0.15, -0.1) is 6.58 Å². The maximum atomic E-state index is 12.2. The molecule has 146 valence electrons. The molecule has 0 saturated heterocycles. The van der Waals surface area contributed by atoms with E-state index in [1.165, 1.54) is 51.0 Å². The van der Waals surface area contributed by atoms with Gasteiger partial charge in [0.05, 0.1) is 12.3 Å². The highest BCUT2D eigenvalue weighted by molar-refractivity contribution is 6.24. The Bertz CT molecular complexity index is 534. The summed E-state index contributed by atoms with van der Waals surface area (Å²) in [5.41, 5.74) is 3.28. The highest BCUT2D eigenvalue weighted by Gasteiger charge is 2.28. The van der Waals surface area contributed by atoms with Crippen LogP contribution in [0, 0.1) is 0 Å². The fourth-order valence-electron chi connectivity index (χ4n) is 2.88. The van der Waals surface area contributed by atoms with Gasteiger partial charge < -0.3 is 4.74 Å². The summed E-state index contributed by atoms with van der Waals surface area (Å²) in [4.78, 5) is 29.5. The molecule has 26 heavy (non-hydrogen) atoms. The van der Waals surface area contributed by atoms with Gasteiger partial charge in [0.1, 0.15) is 11.3 Å². The van der Waals surface area contributed by atoms with E-state index in [1.807, 2.05) is 0 Å². The second-order valence-corrected chi connectivity index (χ2v) is 6.64. The molecule has 0 aromatic heterocycles. The number of unbranched alkanes of at least 4 members (excludes halogenated alkanes) is 8. The zero-order chi connectivity index (χ0) is 19.2. The van der Waals surface area contributed by atoms with Crippen LogP contribution in [-0.2, 0) is 19.2 Å². The fraction of sp³-hybridized carbons (Fsp3) is 0.619. The minimum Gasteiger partial charge on any atom is -0.427 e. The molecule has 0 radical (unpaired) electrons. The molecule has 0 aromatic carbocycles. The van der Waals surface area contributed by atoms with Crippen LogP contribution in [0.25, 0.3) is 0 Å². The van der Waals surface area contributed by atoms with E-state index >= 15 is 0 Å². The third kappa shape index (κ3) is 8.48. The molecule has 0 amide bonds. The Labute approximate surface area is 157 Å². The number of cyclic esters (lactones) is 1. The molecule has 1 N–H and O–H groups in total. The lowest BCUT2D eigenvalue weighted by Crippen LogP contribution is -2.27. The fourth-order valence-corrected chi connectivity index (χ4v) is 2.88. The van der Waals surface area contributed by atoms with Crippen molar-refractivity contribution in [2.45, 2.75) is 78.1 Å². The molecule has 1 rings (SSSR count). The van der Waals surface area contributed by atoms with Gasteiger partial charge in [0.15, 0.2) is 5.78 Å². The zero-order valence-corrected chi connectivity index (χ0v) is 16.3. The molecule has 0 unspecified atom stereocenters. The van der Waals surface area contributed by atoms with Crippen molar-refractivity contribution < 1.29 is 19.2 Å². The number of allylic oxidation sites excluding steroid dienone is 3. The molecule has 0 bridgehead atoms. The van der Waals surface area contributed by atoms with E-state index in [4.69, 9.17) is 9.57 Å². The number of carbonyl (C=O) groups is 2. The first-order valence-corrected chi connectivity index (χ1v) is 9.76. The van der Waals surface area contributed by atoms with Crippen LogP contribution in [0.1, 0.15) is 78.1 Å². The third-order valence-electron chi connectivity index (χ3n) is 4.27. The van der Waals surface area contributed by atoms with Crippen molar-refractivity contribution in [3.8, 4) is 0 Å². The second-order valence-electron chi connectivity index (χ2n) is 6.64. The number of carbonyl (C=O) groups excluding carboxylic acids is 2. The molecule has 0 saturated carbocycles. The van der Waals surface area contributed by atoms with Gasteiger partial charge >= 0.3 is 5.97 Å². The van der Waals surface area contributed by atoms with Crippen LogP contribution < -0.4 is 5.48 Å². The molecule has 1 aliphatic heterocycles. The van der Waals surface area contributed by atoms with Crippen LogP contribution >= 0.6 is 0 Å². The van der Waals surface area contributed by atoms with Gasteiger partial charge in [-0.2, -0.15) is 0 Å². The van der Waals surface area contributed by atoms with E-state index in [1.54, 1.807) is 13.0 Å². The molecular weight excluding hydrogens is 330 g/mol. The maximum absolute atomic E-state index is 12.2. The quantitative estimate of drug-likeness (QED) is 0.119. The zero-order valence-electron chi connectivity index (χ0n) is 16.3. The van der Waals surface area contributed by atoms with Gasteiger partial charge in [-0.05, 0) is 19.8 Å². The molecule has 0 aliphatic carbocycles. The lowest BCUT2D eigenvalue weighted by molar-refractivity contribution is -0.137. The van der Waals surface area contributed by atoms with Crippen molar-refractivity contribution in [3.63, 3.8) is 0 Å². The van der Waals surface area contributed by atoms with Gasteiger partial charge in [-0.1, -0.05) is 64.4 Å². The van der Waals surface area contributed by atoms with Crippen LogP contribution in [-0.4, -0.2) is 18.4 Å². The predicted octanol–water partition coefficient (Wildman–Crippen LogP) is 4.90. The summed E-state index contributed by atoms with van der Waals surface area (Å²) in [5.74, 6) is -0.631. The monoisotopic (exact) mass is 363 g/mol. The lowest BCUT2D eigenvalue weighted by atomic mass is 10.0. The Hall–Kier alpha value is -1.88. The summed E-state index contributed by atoms with van der Waals surface area (Å²) in [5, 5.41) is 0.